The molecule has 0 rings (SSSR count). The number of carbonyl (C=O) groups excluding carboxylic acids is 1. The Hall–Kier alpha value is -0.790. The maximum Gasteiger partial charge on any atom is 0.313 e. The normalized spacial score (nSPS) is 12.5. The van der Waals surface area contributed by atoms with E-state index in [4.69, 9.17) is 4.74 Å². The number of carbonyl (C=O) groups is 1. The molecule has 0 aliphatic heterocycles. The highest BCUT2D eigenvalue weighted by atomic mass is 16.5. The summed E-state index contributed by atoms with van der Waals surface area (Å²) < 4.78 is 4.86. The fourth-order valence-electron chi connectivity index (χ4n) is 0.441. The molecule has 0 bridgehead atoms. The summed E-state index contributed by atoms with van der Waals surface area (Å²) in [6, 6.07) is 0. The van der Waals surface area contributed by atoms with Gasteiger partial charge in [-0.05, 0) is 11.5 Å². The van der Waals surface area contributed by atoms with Crippen LogP contribution in [0.4, 0.5) is 0 Å². The number of esters is 1. The van der Waals surface area contributed by atoms with Crippen LogP contribution in [0.1, 0.15) is 34.6 Å². The van der Waals surface area contributed by atoms with Crippen molar-refractivity contribution < 1.29 is 9.53 Å². The van der Waals surface area contributed by atoms with Crippen molar-refractivity contribution in [3.05, 3.63) is 12.3 Å². The molecule has 0 amide bonds. The molecule has 0 fully saturated rings. The van der Waals surface area contributed by atoms with Crippen LogP contribution in [0.15, 0.2) is 12.3 Å². The zero-order chi connectivity index (χ0) is 9.78. The van der Waals surface area contributed by atoms with Crippen LogP contribution >= 0.6 is 0 Å². The van der Waals surface area contributed by atoms with Crippen LogP contribution in [0, 0.1) is 11.3 Å². The lowest BCUT2D eigenvalue weighted by Crippen LogP contribution is -2.08. The molecule has 12 heavy (non-hydrogen) atoms. The molecular weight excluding hydrogens is 152 g/mol. The largest absolute Gasteiger partial charge is 0.435 e. The quantitative estimate of drug-likeness (QED) is 0.470. The summed E-state index contributed by atoms with van der Waals surface area (Å²) in [5.41, 5.74) is 0.0667. The summed E-state index contributed by atoms with van der Waals surface area (Å²) in [5.74, 6) is -0.245. The standard InChI is InChI=1S/C10H18O2/c1-8(2)9(11)12-7-6-10(3,4)5/h6-8H,1-5H3. The van der Waals surface area contributed by atoms with E-state index in [2.05, 4.69) is 0 Å². The lowest BCUT2D eigenvalue weighted by atomic mass is 9.97. The monoisotopic (exact) mass is 170 g/mol. The molecule has 0 atom stereocenters. The van der Waals surface area contributed by atoms with Gasteiger partial charge in [-0.15, -0.1) is 0 Å². The van der Waals surface area contributed by atoms with Gasteiger partial charge >= 0.3 is 5.97 Å². The average Bonchev–Trinajstić information content (AvgIpc) is 1.84. The van der Waals surface area contributed by atoms with Gasteiger partial charge in [-0.3, -0.25) is 4.79 Å². The van der Waals surface area contributed by atoms with Gasteiger partial charge < -0.3 is 4.74 Å². The summed E-state index contributed by atoms with van der Waals surface area (Å²) >= 11 is 0. The number of hydrogen-bond acceptors (Lipinski definition) is 2. The van der Waals surface area contributed by atoms with Gasteiger partial charge in [-0.25, -0.2) is 0 Å². The van der Waals surface area contributed by atoms with Crippen LogP contribution in [0.5, 0.6) is 0 Å². The molecular formula is C10H18O2. The Morgan fingerprint density at radius 1 is 1.33 bits per heavy atom. The third-order valence-electron chi connectivity index (χ3n) is 1.22. The van der Waals surface area contributed by atoms with Crippen LogP contribution in [-0.4, -0.2) is 5.97 Å². The van der Waals surface area contributed by atoms with E-state index in [-0.39, 0.29) is 17.3 Å². The van der Waals surface area contributed by atoms with E-state index >= 15 is 0 Å². The first kappa shape index (κ1) is 11.2. The van der Waals surface area contributed by atoms with E-state index in [0.717, 1.165) is 0 Å². The fourth-order valence-corrected chi connectivity index (χ4v) is 0.441. The second kappa shape index (κ2) is 4.29. The first-order chi connectivity index (χ1) is 5.33. The maximum absolute atomic E-state index is 11.0. The number of rotatable bonds is 2. The SMILES string of the molecule is CC(C)C(=O)OC=CC(C)(C)C. The van der Waals surface area contributed by atoms with E-state index < -0.39 is 0 Å². The third kappa shape index (κ3) is 5.96. The lowest BCUT2D eigenvalue weighted by molar-refractivity contribution is -0.141. The average molecular weight is 170 g/mol. The van der Waals surface area contributed by atoms with Crippen molar-refractivity contribution in [1.82, 2.24) is 0 Å². The van der Waals surface area contributed by atoms with Crippen molar-refractivity contribution in [2.45, 2.75) is 34.6 Å². The first-order valence-corrected chi connectivity index (χ1v) is 4.21. The number of allylic oxidation sites excluding steroid dienone is 1. The Kier molecular flexibility index (Phi) is 4.01. The molecule has 0 N–H and O–H groups in total. The van der Waals surface area contributed by atoms with Crippen molar-refractivity contribution in [1.29, 1.82) is 0 Å². The summed E-state index contributed by atoms with van der Waals surface area (Å²) in [7, 11) is 0. The molecule has 70 valence electrons. The Labute approximate surface area is 74.6 Å². The summed E-state index contributed by atoms with van der Waals surface area (Å²) in [4.78, 5) is 11.0. The van der Waals surface area contributed by atoms with Crippen molar-refractivity contribution >= 4 is 5.97 Å². The molecule has 0 aromatic carbocycles. The predicted octanol–water partition coefficient (Wildman–Crippen LogP) is 2.75. The summed E-state index contributed by atoms with van der Waals surface area (Å²) in [6.07, 6.45) is 3.34. The van der Waals surface area contributed by atoms with E-state index in [1.807, 2.05) is 40.7 Å². The molecule has 0 heterocycles. The minimum atomic E-state index is -0.185. The van der Waals surface area contributed by atoms with E-state index in [1.54, 1.807) is 0 Å². The van der Waals surface area contributed by atoms with Crippen molar-refractivity contribution in [3.8, 4) is 0 Å². The Morgan fingerprint density at radius 3 is 2.17 bits per heavy atom. The zero-order valence-electron chi connectivity index (χ0n) is 8.55. The first-order valence-electron chi connectivity index (χ1n) is 4.21. The van der Waals surface area contributed by atoms with E-state index in [1.165, 1.54) is 6.26 Å². The molecule has 0 spiro atoms. The molecule has 0 saturated carbocycles. The van der Waals surface area contributed by atoms with Gasteiger partial charge in [-0.2, -0.15) is 0 Å². The third-order valence-corrected chi connectivity index (χ3v) is 1.22. The van der Waals surface area contributed by atoms with Crippen LogP contribution in [0.25, 0.3) is 0 Å². The lowest BCUT2D eigenvalue weighted by Gasteiger charge is -2.10. The summed E-state index contributed by atoms with van der Waals surface area (Å²) in [5, 5.41) is 0. The summed E-state index contributed by atoms with van der Waals surface area (Å²) in [6.45, 7) is 9.77. The van der Waals surface area contributed by atoms with Crippen LogP contribution in [0.3, 0.4) is 0 Å². The highest BCUT2D eigenvalue weighted by Gasteiger charge is 2.07. The van der Waals surface area contributed by atoms with Gasteiger partial charge in [0.15, 0.2) is 0 Å². The van der Waals surface area contributed by atoms with Gasteiger partial charge in [0.2, 0.25) is 0 Å². The van der Waals surface area contributed by atoms with Gasteiger partial charge in [-0.1, -0.05) is 34.6 Å². The van der Waals surface area contributed by atoms with Gasteiger partial charge in [0.05, 0.1) is 12.2 Å². The second-order valence-corrected chi connectivity index (χ2v) is 4.26. The van der Waals surface area contributed by atoms with Crippen molar-refractivity contribution in [2.75, 3.05) is 0 Å². The Bertz CT molecular complexity index is 173. The van der Waals surface area contributed by atoms with Gasteiger partial charge in [0.25, 0.3) is 0 Å². The molecule has 0 saturated heterocycles. The molecule has 2 nitrogen and oxygen atoms in total. The molecule has 0 aromatic heterocycles. The molecule has 0 aromatic rings. The van der Waals surface area contributed by atoms with Crippen LogP contribution < -0.4 is 0 Å². The molecule has 0 radical (unpaired) electrons. The smallest absolute Gasteiger partial charge is 0.313 e. The predicted molar refractivity (Wildman–Crippen MR) is 49.5 cm³/mol. The number of hydrogen-bond donors (Lipinski definition) is 0. The topological polar surface area (TPSA) is 26.3 Å². The zero-order valence-corrected chi connectivity index (χ0v) is 8.55. The maximum atomic E-state index is 11.0. The van der Waals surface area contributed by atoms with Gasteiger partial charge in [0, 0.05) is 0 Å². The van der Waals surface area contributed by atoms with Crippen molar-refractivity contribution in [3.63, 3.8) is 0 Å². The Morgan fingerprint density at radius 2 is 1.83 bits per heavy atom. The molecule has 2 heteroatoms. The molecule has 0 aliphatic rings. The molecule has 0 aliphatic carbocycles. The molecule has 0 unspecified atom stereocenters. The minimum Gasteiger partial charge on any atom is -0.435 e. The van der Waals surface area contributed by atoms with Crippen LogP contribution in [0.2, 0.25) is 0 Å². The highest BCUT2D eigenvalue weighted by molar-refractivity contribution is 5.72. The second-order valence-electron chi connectivity index (χ2n) is 4.26. The minimum absolute atomic E-state index is 0.0605. The highest BCUT2D eigenvalue weighted by Crippen LogP contribution is 2.14. The van der Waals surface area contributed by atoms with Crippen molar-refractivity contribution in [2.24, 2.45) is 11.3 Å². The van der Waals surface area contributed by atoms with Gasteiger partial charge in [0.1, 0.15) is 0 Å². The van der Waals surface area contributed by atoms with E-state index in [9.17, 15) is 4.79 Å². The number of ether oxygens (including phenoxy) is 1. The van der Waals surface area contributed by atoms with E-state index in [0.29, 0.717) is 0 Å². The Balaban J connectivity index is 3.84. The fraction of sp³-hybridized carbons (Fsp3) is 0.700. The van der Waals surface area contributed by atoms with Crippen LogP contribution in [-0.2, 0) is 9.53 Å².